The molecule has 0 aliphatic heterocycles. The number of amides is 1. The van der Waals surface area contributed by atoms with Crippen molar-refractivity contribution in [3.05, 3.63) is 16.1 Å². The lowest BCUT2D eigenvalue weighted by Crippen LogP contribution is -2.52. The first-order valence-electron chi connectivity index (χ1n) is 6.71. The third-order valence-electron chi connectivity index (χ3n) is 3.64. The fraction of sp³-hybridized carbons (Fsp3) is 0.692. The number of nitrogens with one attached hydrogen (secondary N) is 1. The Morgan fingerprint density at radius 3 is 2.79 bits per heavy atom. The topological polar surface area (TPSA) is 88.2 Å². The maximum Gasteiger partial charge on any atom is 0.271 e. The highest BCUT2D eigenvalue weighted by molar-refractivity contribution is 7.09. The van der Waals surface area contributed by atoms with E-state index in [1.165, 1.54) is 17.8 Å². The van der Waals surface area contributed by atoms with Crippen LogP contribution in [0.15, 0.2) is 5.38 Å². The lowest BCUT2D eigenvalue weighted by Gasteiger charge is -2.36. The van der Waals surface area contributed by atoms with Gasteiger partial charge in [-0.05, 0) is 19.8 Å². The second kappa shape index (κ2) is 5.98. The van der Waals surface area contributed by atoms with Crippen molar-refractivity contribution in [3.63, 3.8) is 0 Å². The average Bonchev–Trinajstić information content (AvgIpc) is 2.89. The van der Waals surface area contributed by atoms with Gasteiger partial charge in [0.2, 0.25) is 0 Å². The summed E-state index contributed by atoms with van der Waals surface area (Å²) in [6, 6.07) is -0.159. The van der Waals surface area contributed by atoms with Crippen LogP contribution in [0.2, 0.25) is 0 Å². The van der Waals surface area contributed by atoms with Gasteiger partial charge in [0.1, 0.15) is 10.7 Å². The molecule has 1 aliphatic rings. The highest BCUT2D eigenvalue weighted by Gasteiger charge is 2.33. The van der Waals surface area contributed by atoms with E-state index in [9.17, 15) is 9.90 Å². The SMILES string of the molecule is CC(N)c1nc(C(=O)NC2(CO)CCCCC2)cs1. The van der Waals surface area contributed by atoms with Gasteiger partial charge in [-0.3, -0.25) is 4.79 Å². The first kappa shape index (κ1) is 14.4. The van der Waals surface area contributed by atoms with Crippen molar-refractivity contribution >= 4 is 17.2 Å². The summed E-state index contributed by atoms with van der Waals surface area (Å²) in [5.41, 5.74) is 5.67. The lowest BCUT2D eigenvalue weighted by atomic mass is 9.82. The molecule has 0 bridgehead atoms. The summed E-state index contributed by atoms with van der Waals surface area (Å²) in [4.78, 5) is 16.4. The van der Waals surface area contributed by atoms with E-state index in [2.05, 4.69) is 10.3 Å². The molecule has 1 atom stereocenters. The minimum atomic E-state index is -0.465. The maximum absolute atomic E-state index is 12.2. The number of carbonyl (C=O) groups excluding carboxylic acids is 1. The summed E-state index contributed by atoms with van der Waals surface area (Å²) < 4.78 is 0. The predicted molar refractivity (Wildman–Crippen MR) is 75.1 cm³/mol. The number of aliphatic hydroxyl groups is 1. The zero-order valence-electron chi connectivity index (χ0n) is 11.2. The molecule has 1 unspecified atom stereocenters. The Bertz CT molecular complexity index is 439. The number of hydrogen-bond donors (Lipinski definition) is 3. The van der Waals surface area contributed by atoms with Gasteiger partial charge in [0, 0.05) is 5.38 Å². The summed E-state index contributed by atoms with van der Waals surface area (Å²) in [5.74, 6) is -0.209. The van der Waals surface area contributed by atoms with Gasteiger partial charge in [-0.15, -0.1) is 11.3 Å². The van der Waals surface area contributed by atoms with Crippen LogP contribution in [0.25, 0.3) is 0 Å². The number of rotatable bonds is 4. The molecular weight excluding hydrogens is 262 g/mol. The molecule has 0 radical (unpaired) electrons. The van der Waals surface area contributed by atoms with Crippen LogP contribution in [0.1, 0.15) is 60.6 Å². The first-order chi connectivity index (χ1) is 9.06. The van der Waals surface area contributed by atoms with Crippen molar-refractivity contribution in [2.75, 3.05) is 6.61 Å². The van der Waals surface area contributed by atoms with Gasteiger partial charge in [-0.2, -0.15) is 0 Å². The number of hydrogen-bond acceptors (Lipinski definition) is 5. The van der Waals surface area contributed by atoms with Crippen LogP contribution in [-0.2, 0) is 0 Å². The molecule has 5 nitrogen and oxygen atoms in total. The van der Waals surface area contributed by atoms with Crippen LogP contribution in [0.4, 0.5) is 0 Å². The van der Waals surface area contributed by atoms with Gasteiger partial charge in [-0.1, -0.05) is 19.3 Å². The van der Waals surface area contributed by atoms with Gasteiger partial charge in [0.15, 0.2) is 0 Å². The van der Waals surface area contributed by atoms with Crippen LogP contribution in [-0.4, -0.2) is 28.1 Å². The minimum absolute atomic E-state index is 0.0109. The monoisotopic (exact) mass is 283 g/mol. The molecule has 1 aromatic rings. The zero-order valence-corrected chi connectivity index (χ0v) is 12.0. The van der Waals surface area contributed by atoms with E-state index in [0.29, 0.717) is 5.69 Å². The van der Waals surface area contributed by atoms with E-state index in [1.807, 2.05) is 6.92 Å². The number of aliphatic hydroxyl groups excluding tert-OH is 1. The van der Waals surface area contributed by atoms with Crippen molar-refractivity contribution in [3.8, 4) is 0 Å². The number of carbonyl (C=O) groups is 1. The van der Waals surface area contributed by atoms with Crippen LogP contribution in [0.5, 0.6) is 0 Å². The van der Waals surface area contributed by atoms with Gasteiger partial charge in [-0.25, -0.2) is 4.98 Å². The number of nitrogens with two attached hydrogens (primary N) is 1. The maximum atomic E-state index is 12.2. The number of nitrogens with zero attached hydrogens (tertiary/aromatic N) is 1. The fourth-order valence-electron chi connectivity index (χ4n) is 2.46. The van der Waals surface area contributed by atoms with Crippen molar-refractivity contribution in [2.45, 2.75) is 50.6 Å². The molecule has 1 fully saturated rings. The van der Waals surface area contributed by atoms with Crippen LogP contribution >= 0.6 is 11.3 Å². The van der Waals surface area contributed by atoms with Crippen molar-refractivity contribution in [2.24, 2.45) is 5.73 Å². The molecule has 0 aromatic carbocycles. The average molecular weight is 283 g/mol. The highest BCUT2D eigenvalue weighted by atomic mass is 32.1. The van der Waals surface area contributed by atoms with Gasteiger partial charge in [0.25, 0.3) is 5.91 Å². The molecule has 1 aliphatic carbocycles. The second-order valence-corrected chi connectivity index (χ2v) is 6.20. The Labute approximate surface area is 117 Å². The Morgan fingerprint density at radius 2 is 2.26 bits per heavy atom. The summed E-state index contributed by atoms with van der Waals surface area (Å²) in [6.07, 6.45) is 4.92. The molecule has 6 heteroatoms. The van der Waals surface area contributed by atoms with Crippen molar-refractivity contribution in [1.82, 2.24) is 10.3 Å². The Balaban J connectivity index is 2.06. The quantitative estimate of drug-likeness (QED) is 0.783. The summed E-state index contributed by atoms with van der Waals surface area (Å²) in [5, 5.41) is 15.0. The molecule has 0 spiro atoms. The summed E-state index contributed by atoms with van der Waals surface area (Å²) >= 11 is 1.40. The smallest absolute Gasteiger partial charge is 0.271 e. The first-order valence-corrected chi connectivity index (χ1v) is 7.59. The van der Waals surface area contributed by atoms with E-state index in [-0.39, 0.29) is 18.6 Å². The largest absolute Gasteiger partial charge is 0.394 e. The third kappa shape index (κ3) is 3.32. The normalized spacial score (nSPS) is 19.9. The van der Waals surface area contributed by atoms with Crippen LogP contribution in [0, 0.1) is 0 Å². The Kier molecular flexibility index (Phi) is 4.54. The fourth-order valence-corrected chi connectivity index (χ4v) is 3.21. The molecule has 1 saturated carbocycles. The van der Waals surface area contributed by atoms with E-state index in [4.69, 9.17) is 5.73 Å². The molecule has 2 rings (SSSR count). The molecule has 0 saturated heterocycles. The van der Waals surface area contributed by atoms with E-state index in [1.54, 1.807) is 5.38 Å². The lowest BCUT2D eigenvalue weighted by molar-refractivity contribution is 0.0754. The molecule has 1 amide bonds. The van der Waals surface area contributed by atoms with E-state index >= 15 is 0 Å². The summed E-state index contributed by atoms with van der Waals surface area (Å²) in [7, 11) is 0. The molecule has 1 aromatic heterocycles. The zero-order chi connectivity index (χ0) is 13.9. The minimum Gasteiger partial charge on any atom is -0.394 e. The van der Waals surface area contributed by atoms with Crippen molar-refractivity contribution in [1.29, 1.82) is 0 Å². The second-order valence-electron chi connectivity index (χ2n) is 5.31. The van der Waals surface area contributed by atoms with E-state index < -0.39 is 5.54 Å². The van der Waals surface area contributed by atoms with Crippen LogP contribution in [0.3, 0.4) is 0 Å². The van der Waals surface area contributed by atoms with E-state index in [0.717, 1.165) is 30.7 Å². The molecular formula is C13H21N3O2S. The Hall–Kier alpha value is -0.980. The Morgan fingerprint density at radius 1 is 1.58 bits per heavy atom. The molecule has 19 heavy (non-hydrogen) atoms. The number of thiazole rings is 1. The summed E-state index contributed by atoms with van der Waals surface area (Å²) in [6.45, 7) is 1.83. The molecule has 4 N–H and O–H groups in total. The van der Waals surface area contributed by atoms with Crippen LogP contribution < -0.4 is 11.1 Å². The standard InChI is InChI=1S/C13H21N3O2S/c1-9(14)12-15-10(7-19-12)11(18)16-13(8-17)5-3-2-4-6-13/h7,9,17H,2-6,8,14H2,1H3,(H,16,18). The van der Waals surface area contributed by atoms with Gasteiger partial charge >= 0.3 is 0 Å². The molecule has 106 valence electrons. The number of aromatic nitrogens is 1. The third-order valence-corrected chi connectivity index (χ3v) is 4.68. The van der Waals surface area contributed by atoms with Crippen molar-refractivity contribution < 1.29 is 9.90 Å². The predicted octanol–water partition coefficient (Wildman–Crippen LogP) is 1.59. The van der Waals surface area contributed by atoms with Gasteiger partial charge in [0.05, 0.1) is 18.2 Å². The molecule has 1 heterocycles. The highest BCUT2D eigenvalue weighted by Crippen LogP contribution is 2.28. The van der Waals surface area contributed by atoms with Gasteiger partial charge < -0.3 is 16.2 Å².